The van der Waals surface area contributed by atoms with Crippen LogP contribution in [-0.4, -0.2) is 28.0 Å². The van der Waals surface area contributed by atoms with Crippen molar-refractivity contribution in [1.29, 1.82) is 0 Å². The van der Waals surface area contributed by atoms with Crippen LogP contribution in [0.15, 0.2) is 6.33 Å². The van der Waals surface area contributed by atoms with Gasteiger partial charge in [0.15, 0.2) is 0 Å². The average Bonchev–Trinajstić information content (AvgIpc) is 2.64. The fourth-order valence-electron chi connectivity index (χ4n) is 1.94. The van der Waals surface area contributed by atoms with Crippen LogP contribution >= 0.6 is 0 Å². The van der Waals surface area contributed by atoms with Crippen molar-refractivity contribution in [3.05, 3.63) is 17.7 Å². The summed E-state index contributed by atoms with van der Waals surface area (Å²) in [6.07, 6.45) is 3.12. The van der Waals surface area contributed by atoms with E-state index in [2.05, 4.69) is 28.7 Å². The van der Waals surface area contributed by atoms with Crippen molar-refractivity contribution < 1.29 is 0 Å². The molecule has 1 aromatic heterocycles. The molecule has 0 aliphatic carbocycles. The summed E-state index contributed by atoms with van der Waals surface area (Å²) in [5.74, 6) is 0.864. The van der Waals surface area contributed by atoms with Crippen molar-refractivity contribution >= 4 is 0 Å². The third kappa shape index (κ3) is 1.91. The molecule has 0 radical (unpaired) electrons. The second kappa shape index (κ2) is 3.50. The van der Waals surface area contributed by atoms with E-state index in [0.717, 1.165) is 18.2 Å². The topological polar surface area (TPSA) is 31.9 Å². The quantitative estimate of drug-likeness (QED) is 0.747. The molecule has 0 amide bonds. The minimum atomic E-state index is 0.864. The van der Waals surface area contributed by atoms with E-state index in [-0.39, 0.29) is 0 Å². The van der Waals surface area contributed by atoms with E-state index in [0.29, 0.717) is 0 Å². The number of likely N-dealkylation sites (tertiary alicyclic amines) is 1. The van der Waals surface area contributed by atoms with Gasteiger partial charge in [0.1, 0.15) is 0 Å². The summed E-state index contributed by atoms with van der Waals surface area (Å²) in [5.41, 5.74) is 2.41. The van der Waals surface area contributed by atoms with Gasteiger partial charge in [0.25, 0.3) is 0 Å². The van der Waals surface area contributed by atoms with Gasteiger partial charge in [0, 0.05) is 13.1 Å². The molecule has 1 aliphatic rings. The Labute approximate surface area is 79.2 Å². The standard InChI is InChI=1S/C10H17N3/c1-8-3-4-13(5-8)6-10-9(2)11-7-12-10/h7-8H,3-6H2,1-2H3,(H,11,12). The molecule has 3 heteroatoms. The van der Waals surface area contributed by atoms with Crippen LogP contribution in [0.4, 0.5) is 0 Å². The molecule has 0 aromatic carbocycles. The highest BCUT2D eigenvalue weighted by molar-refractivity contribution is 5.08. The van der Waals surface area contributed by atoms with Gasteiger partial charge in [0.2, 0.25) is 0 Å². The zero-order valence-corrected chi connectivity index (χ0v) is 8.38. The summed E-state index contributed by atoms with van der Waals surface area (Å²) in [6.45, 7) is 7.89. The number of aryl methyl sites for hydroxylation is 1. The van der Waals surface area contributed by atoms with Gasteiger partial charge in [0.05, 0.1) is 17.7 Å². The van der Waals surface area contributed by atoms with E-state index >= 15 is 0 Å². The van der Waals surface area contributed by atoms with Crippen molar-refractivity contribution in [1.82, 2.24) is 14.9 Å². The molecule has 1 N–H and O–H groups in total. The Morgan fingerprint density at radius 2 is 2.54 bits per heavy atom. The second-order valence-electron chi connectivity index (χ2n) is 4.10. The van der Waals surface area contributed by atoms with E-state index in [1.54, 1.807) is 6.33 Å². The van der Waals surface area contributed by atoms with Gasteiger partial charge in [-0.1, -0.05) is 6.92 Å². The molecule has 3 nitrogen and oxygen atoms in total. The normalized spacial score (nSPS) is 24.0. The van der Waals surface area contributed by atoms with Gasteiger partial charge in [-0.05, 0) is 25.8 Å². The van der Waals surface area contributed by atoms with Crippen molar-refractivity contribution in [3.8, 4) is 0 Å². The average molecular weight is 179 g/mol. The Hall–Kier alpha value is -0.830. The fourth-order valence-corrected chi connectivity index (χ4v) is 1.94. The maximum atomic E-state index is 4.20. The molecule has 1 aromatic rings. The molecular formula is C10H17N3. The van der Waals surface area contributed by atoms with Crippen molar-refractivity contribution in [2.75, 3.05) is 13.1 Å². The Morgan fingerprint density at radius 1 is 1.69 bits per heavy atom. The van der Waals surface area contributed by atoms with Gasteiger partial charge in [-0.3, -0.25) is 4.90 Å². The number of hydrogen-bond acceptors (Lipinski definition) is 2. The highest BCUT2D eigenvalue weighted by Crippen LogP contribution is 2.17. The number of hydrogen-bond donors (Lipinski definition) is 1. The third-order valence-corrected chi connectivity index (χ3v) is 2.82. The molecule has 0 bridgehead atoms. The zero-order valence-electron chi connectivity index (χ0n) is 8.38. The third-order valence-electron chi connectivity index (χ3n) is 2.82. The molecule has 1 aliphatic heterocycles. The van der Waals surface area contributed by atoms with Gasteiger partial charge in [-0.15, -0.1) is 0 Å². The first-order valence-corrected chi connectivity index (χ1v) is 4.97. The van der Waals surface area contributed by atoms with Crippen LogP contribution in [0.3, 0.4) is 0 Å². The summed E-state index contributed by atoms with van der Waals surface area (Å²) in [7, 11) is 0. The number of nitrogens with zero attached hydrogens (tertiary/aromatic N) is 2. The number of aromatic amines is 1. The largest absolute Gasteiger partial charge is 0.347 e. The lowest BCUT2D eigenvalue weighted by Gasteiger charge is -2.13. The number of H-pyrrole nitrogens is 1. The molecule has 1 atom stereocenters. The van der Waals surface area contributed by atoms with Crippen LogP contribution < -0.4 is 0 Å². The van der Waals surface area contributed by atoms with Crippen LogP contribution in [-0.2, 0) is 6.54 Å². The molecule has 1 unspecified atom stereocenters. The Balaban J connectivity index is 1.95. The smallest absolute Gasteiger partial charge is 0.0925 e. The van der Waals surface area contributed by atoms with E-state index in [1.165, 1.54) is 25.2 Å². The van der Waals surface area contributed by atoms with E-state index in [1.807, 2.05) is 0 Å². The maximum Gasteiger partial charge on any atom is 0.0925 e. The number of nitrogens with one attached hydrogen (secondary N) is 1. The first-order chi connectivity index (χ1) is 6.25. The molecule has 1 saturated heterocycles. The lowest BCUT2D eigenvalue weighted by molar-refractivity contribution is 0.316. The summed E-state index contributed by atoms with van der Waals surface area (Å²) in [6, 6.07) is 0. The molecule has 13 heavy (non-hydrogen) atoms. The molecule has 2 heterocycles. The minimum absolute atomic E-state index is 0.864. The molecule has 0 saturated carbocycles. The van der Waals surface area contributed by atoms with Crippen LogP contribution in [0.25, 0.3) is 0 Å². The van der Waals surface area contributed by atoms with Crippen LogP contribution in [0.2, 0.25) is 0 Å². The monoisotopic (exact) mass is 179 g/mol. The lowest BCUT2D eigenvalue weighted by Crippen LogP contribution is -2.20. The highest BCUT2D eigenvalue weighted by Gasteiger charge is 2.19. The number of rotatable bonds is 2. The summed E-state index contributed by atoms with van der Waals surface area (Å²) < 4.78 is 0. The fraction of sp³-hybridized carbons (Fsp3) is 0.700. The molecule has 1 fully saturated rings. The van der Waals surface area contributed by atoms with Gasteiger partial charge < -0.3 is 4.98 Å². The zero-order chi connectivity index (χ0) is 9.26. The van der Waals surface area contributed by atoms with E-state index in [4.69, 9.17) is 0 Å². The number of imidazole rings is 1. The van der Waals surface area contributed by atoms with Crippen LogP contribution in [0.5, 0.6) is 0 Å². The summed E-state index contributed by atoms with van der Waals surface area (Å²) >= 11 is 0. The van der Waals surface area contributed by atoms with Gasteiger partial charge in [-0.2, -0.15) is 0 Å². The van der Waals surface area contributed by atoms with Crippen molar-refractivity contribution in [2.24, 2.45) is 5.92 Å². The number of aromatic nitrogens is 2. The SMILES string of the molecule is Cc1nc[nH]c1CN1CCC(C)C1. The Bertz CT molecular complexity index is 279. The highest BCUT2D eigenvalue weighted by atomic mass is 15.2. The molecular weight excluding hydrogens is 162 g/mol. The maximum absolute atomic E-state index is 4.20. The van der Waals surface area contributed by atoms with Crippen LogP contribution in [0.1, 0.15) is 24.7 Å². The Morgan fingerprint density at radius 3 is 3.08 bits per heavy atom. The predicted molar refractivity (Wildman–Crippen MR) is 52.4 cm³/mol. The summed E-state index contributed by atoms with van der Waals surface area (Å²) in [4.78, 5) is 9.88. The summed E-state index contributed by atoms with van der Waals surface area (Å²) in [5, 5.41) is 0. The first-order valence-electron chi connectivity index (χ1n) is 4.97. The van der Waals surface area contributed by atoms with E-state index < -0.39 is 0 Å². The van der Waals surface area contributed by atoms with Gasteiger partial charge >= 0.3 is 0 Å². The van der Waals surface area contributed by atoms with Crippen molar-refractivity contribution in [2.45, 2.75) is 26.8 Å². The first kappa shape index (κ1) is 8.75. The molecule has 2 rings (SSSR count). The van der Waals surface area contributed by atoms with Gasteiger partial charge in [-0.25, -0.2) is 4.98 Å². The second-order valence-corrected chi connectivity index (χ2v) is 4.10. The Kier molecular flexibility index (Phi) is 2.36. The van der Waals surface area contributed by atoms with Crippen LogP contribution in [0, 0.1) is 12.8 Å². The molecule has 0 spiro atoms. The molecule has 72 valence electrons. The minimum Gasteiger partial charge on any atom is -0.347 e. The lowest BCUT2D eigenvalue weighted by atomic mass is 10.2. The van der Waals surface area contributed by atoms with E-state index in [9.17, 15) is 0 Å². The predicted octanol–water partition coefficient (Wildman–Crippen LogP) is 1.56. The van der Waals surface area contributed by atoms with Crippen molar-refractivity contribution in [3.63, 3.8) is 0 Å².